The molecule has 0 aromatic heterocycles. The van der Waals surface area contributed by atoms with Crippen LogP contribution in [0.25, 0.3) is 0 Å². The fraction of sp³-hybridized carbons (Fsp3) is 1.00. The molecule has 2 fully saturated rings. The third kappa shape index (κ3) is 3.20. The second kappa shape index (κ2) is 5.67. The van der Waals surface area contributed by atoms with E-state index >= 15 is 0 Å². The zero-order valence-electron chi connectivity index (χ0n) is 10.3. The van der Waals surface area contributed by atoms with Crippen LogP contribution in [0.15, 0.2) is 0 Å². The van der Waals surface area contributed by atoms with E-state index in [1.54, 1.807) is 0 Å². The smallest absolute Gasteiger partial charge is 0.214 e. The fourth-order valence-corrected chi connectivity index (χ4v) is 4.97. The molecule has 0 bridgehead atoms. The summed E-state index contributed by atoms with van der Waals surface area (Å²) in [6.45, 7) is 0.0951. The average molecular weight is 261 g/mol. The van der Waals surface area contributed by atoms with E-state index in [0.29, 0.717) is 0 Å². The van der Waals surface area contributed by atoms with Crippen LogP contribution in [-0.2, 0) is 10.0 Å². The highest BCUT2D eigenvalue weighted by atomic mass is 32.2. The van der Waals surface area contributed by atoms with Gasteiger partial charge in [-0.2, -0.15) is 0 Å². The molecule has 0 aliphatic heterocycles. The summed E-state index contributed by atoms with van der Waals surface area (Å²) < 4.78 is 27.2. The van der Waals surface area contributed by atoms with E-state index < -0.39 is 10.0 Å². The summed E-state index contributed by atoms with van der Waals surface area (Å²) in [5.74, 6) is 0.111. The van der Waals surface area contributed by atoms with Crippen molar-refractivity contribution >= 4 is 10.0 Å². The Labute approximate surface area is 104 Å². The second-order valence-corrected chi connectivity index (χ2v) is 7.40. The van der Waals surface area contributed by atoms with Gasteiger partial charge in [0.05, 0.1) is 5.25 Å². The normalized spacial score (nSPS) is 31.8. The van der Waals surface area contributed by atoms with Gasteiger partial charge in [-0.05, 0) is 31.6 Å². The van der Waals surface area contributed by atoms with Crippen molar-refractivity contribution in [3.63, 3.8) is 0 Å². The molecule has 2 rings (SSSR count). The minimum absolute atomic E-state index is 0.0423. The highest BCUT2D eigenvalue weighted by molar-refractivity contribution is 7.90. The van der Waals surface area contributed by atoms with Gasteiger partial charge in [-0.15, -0.1) is 0 Å². The first-order chi connectivity index (χ1) is 8.13. The van der Waals surface area contributed by atoms with Crippen LogP contribution in [0.3, 0.4) is 0 Å². The zero-order valence-corrected chi connectivity index (χ0v) is 11.1. The topological polar surface area (TPSA) is 66.4 Å². The number of sulfonamides is 1. The molecule has 0 heterocycles. The third-order valence-corrected chi connectivity index (χ3v) is 6.18. The molecule has 4 nitrogen and oxygen atoms in total. The standard InChI is InChI=1S/C12H23NO3S/c14-9-10-5-1-4-8-12(10)13-17(15,16)11-6-2-3-7-11/h10-14H,1-9H2. The lowest BCUT2D eigenvalue weighted by atomic mass is 9.86. The van der Waals surface area contributed by atoms with Gasteiger partial charge in [0.1, 0.15) is 0 Å². The van der Waals surface area contributed by atoms with E-state index in [1.165, 1.54) is 0 Å². The number of nitrogens with one attached hydrogen (secondary N) is 1. The molecule has 0 amide bonds. The van der Waals surface area contributed by atoms with Crippen molar-refractivity contribution in [3.8, 4) is 0 Å². The summed E-state index contributed by atoms with van der Waals surface area (Å²) in [7, 11) is -3.16. The summed E-state index contributed by atoms with van der Waals surface area (Å²) in [6.07, 6.45) is 7.63. The Hall–Kier alpha value is -0.130. The molecule has 2 aliphatic rings. The Kier molecular flexibility index (Phi) is 4.44. The second-order valence-electron chi connectivity index (χ2n) is 5.40. The van der Waals surface area contributed by atoms with Crippen molar-refractivity contribution in [2.45, 2.75) is 62.7 Å². The van der Waals surface area contributed by atoms with Crippen molar-refractivity contribution in [2.24, 2.45) is 5.92 Å². The molecule has 100 valence electrons. The number of hydrogen-bond acceptors (Lipinski definition) is 3. The quantitative estimate of drug-likeness (QED) is 0.804. The predicted octanol–water partition coefficient (Wildman–Crippen LogP) is 1.40. The molecular weight excluding hydrogens is 238 g/mol. The van der Waals surface area contributed by atoms with Crippen LogP contribution in [-0.4, -0.2) is 31.4 Å². The number of hydrogen-bond donors (Lipinski definition) is 2. The van der Waals surface area contributed by atoms with Gasteiger partial charge in [-0.3, -0.25) is 0 Å². The summed E-state index contributed by atoms with van der Waals surface area (Å²) in [5, 5.41) is 9.10. The van der Waals surface area contributed by atoms with E-state index in [4.69, 9.17) is 0 Å². The largest absolute Gasteiger partial charge is 0.396 e. The fourth-order valence-electron chi connectivity index (χ4n) is 3.09. The summed E-state index contributed by atoms with van der Waals surface area (Å²) >= 11 is 0. The molecule has 5 heteroatoms. The van der Waals surface area contributed by atoms with E-state index in [-0.39, 0.29) is 23.8 Å². The monoisotopic (exact) mass is 261 g/mol. The Morgan fingerprint density at radius 3 is 2.24 bits per heavy atom. The summed E-state index contributed by atoms with van der Waals surface area (Å²) in [4.78, 5) is 0. The van der Waals surface area contributed by atoms with E-state index in [9.17, 15) is 13.5 Å². The molecule has 0 spiro atoms. The van der Waals surface area contributed by atoms with Crippen molar-refractivity contribution in [2.75, 3.05) is 6.61 Å². The van der Waals surface area contributed by atoms with E-state index in [0.717, 1.165) is 51.4 Å². The van der Waals surface area contributed by atoms with Crippen LogP contribution in [0.4, 0.5) is 0 Å². The van der Waals surface area contributed by atoms with Crippen molar-refractivity contribution < 1.29 is 13.5 Å². The Bertz CT molecular complexity index is 336. The molecule has 2 unspecified atom stereocenters. The molecule has 2 aliphatic carbocycles. The summed E-state index contributed by atoms with van der Waals surface area (Å²) in [6, 6.07) is -0.0423. The minimum atomic E-state index is -3.16. The van der Waals surface area contributed by atoms with Gasteiger partial charge in [0.25, 0.3) is 0 Å². The van der Waals surface area contributed by atoms with E-state index in [2.05, 4.69) is 4.72 Å². The minimum Gasteiger partial charge on any atom is -0.396 e. The molecule has 17 heavy (non-hydrogen) atoms. The van der Waals surface area contributed by atoms with Gasteiger partial charge >= 0.3 is 0 Å². The van der Waals surface area contributed by atoms with Crippen LogP contribution in [0, 0.1) is 5.92 Å². The number of aliphatic hydroxyl groups excluding tert-OH is 1. The molecular formula is C12H23NO3S. The number of aliphatic hydroxyl groups is 1. The first kappa shape index (κ1) is 13.3. The predicted molar refractivity (Wildman–Crippen MR) is 67.1 cm³/mol. The summed E-state index contributed by atoms with van der Waals surface area (Å²) in [5.41, 5.74) is 0. The molecule has 0 saturated heterocycles. The molecule has 0 aromatic carbocycles. The van der Waals surface area contributed by atoms with Crippen molar-refractivity contribution in [1.82, 2.24) is 4.72 Å². The zero-order chi connectivity index (χ0) is 12.3. The van der Waals surface area contributed by atoms with Gasteiger partial charge in [-0.1, -0.05) is 25.7 Å². The molecule has 2 N–H and O–H groups in total. The van der Waals surface area contributed by atoms with Crippen LogP contribution >= 0.6 is 0 Å². The van der Waals surface area contributed by atoms with E-state index in [1.807, 2.05) is 0 Å². The van der Waals surface area contributed by atoms with Crippen LogP contribution in [0.1, 0.15) is 51.4 Å². The number of rotatable bonds is 4. The molecule has 2 atom stereocenters. The van der Waals surface area contributed by atoms with Gasteiger partial charge < -0.3 is 5.11 Å². The van der Waals surface area contributed by atoms with Crippen molar-refractivity contribution in [3.05, 3.63) is 0 Å². The van der Waals surface area contributed by atoms with Gasteiger partial charge in [0.15, 0.2) is 0 Å². The SMILES string of the molecule is O=S(=O)(NC1CCCCC1CO)C1CCCC1. The molecule has 2 saturated carbocycles. The van der Waals surface area contributed by atoms with Crippen LogP contribution < -0.4 is 4.72 Å². The molecule has 0 radical (unpaired) electrons. The molecule has 0 aromatic rings. The van der Waals surface area contributed by atoms with Gasteiger partial charge in [-0.25, -0.2) is 13.1 Å². The van der Waals surface area contributed by atoms with Crippen LogP contribution in [0.5, 0.6) is 0 Å². The lowest BCUT2D eigenvalue weighted by Crippen LogP contribution is -2.46. The van der Waals surface area contributed by atoms with Gasteiger partial charge in [0, 0.05) is 12.6 Å². The van der Waals surface area contributed by atoms with Gasteiger partial charge in [0.2, 0.25) is 10.0 Å². The maximum atomic E-state index is 12.2. The average Bonchev–Trinajstić information content (AvgIpc) is 2.83. The first-order valence-corrected chi connectivity index (χ1v) is 8.30. The Balaban J connectivity index is 1.98. The Morgan fingerprint density at radius 1 is 1.00 bits per heavy atom. The lowest BCUT2D eigenvalue weighted by molar-refractivity contribution is 0.164. The maximum absolute atomic E-state index is 12.2. The van der Waals surface area contributed by atoms with Crippen LogP contribution in [0.2, 0.25) is 0 Å². The Morgan fingerprint density at radius 2 is 1.59 bits per heavy atom. The van der Waals surface area contributed by atoms with Crippen molar-refractivity contribution in [1.29, 1.82) is 0 Å². The first-order valence-electron chi connectivity index (χ1n) is 6.75. The highest BCUT2D eigenvalue weighted by Gasteiger charge is 2.33. The lowest BCUT2D eigenvalue weighted by Gasteiger charge is -2.31. The highest BCUT2D eigenvalue weighted by Crippen LogP contribution is 2.28. The third-order valence-electron chi connectivity index (χ3n) is 4.20. The maximum Gasteiger partial charge on any atom is 0.214 e.